The van der Waals surface area contributed by atoms with Crippen LogP contribution in [0.25, 0.3) is 0 Å². The second-order valence-electron chi connectivity index (χ2n) is 3.23. The maximum atomic E-state index is 8.63. The Labute approximate surface area is 89.3 Å². The Morgan fingerprint density at radius 3 is 2.73 bits per heavy atom. The molecule has 1 heterocycles. The lowest BCUT2D eigenvalue weighted by Gasteiger charge is -2.10. The van der Waals surface area contributed by atoms with Gasteiger partial charge in [-0.2, -0.15) is 4.98 Å². The number of aliphatic hydroxyl groups is 1. The summed E-state index contributed by atoms with van der Waals surface area (Å²) in [6, 6.07) is 0. The van der Waals surface area contributed by atoms with E-state index in [1.807, 2.05) is 13.8 Å². The number of nitrogens with two attached hydrogens (primary N) is 1. The maximum Gasteiger partial charge on any atom is 0.221 e. The van der Waals surface area contributed by atoms with Gasteiger partial charge in [0.15, 0.2) is 0 Å². The van der Waals surface area contributed by atoms with Gasteiger partial charge in [0.05, 0.1) is 12.2 Å². The largest absolute Gasteiger partial charge is 0.477 e. The van der Waals surface area contributed by atoms with Crippen LogP contribution in [0.15, 0.2) is 0 Å². The molecule has 0 fully saturated rings. The van der Waals surface area contributed by atoms with Gasteiger partial charge >= 0.3 is 0 Å². The number of nitrogen functional groups attached to an aromatic ring is 1. The average Bonchev–Trinajstić information content (AvgIpc) is 2.24. The first-order chi connectivity index (χ1) is 7.19. The van der Waals surface area contributed by atoms with Gasteiger partial charge in [-0.05, 0) is 6.92 Å². The fourth-order valence-electron chi connectivity index (χ4n) is 1.09. The standard InChI is InChI=1S/C10H17N3O2/c1-3-8-12-9(11)7(2)10(13-8)15-6-4-5-14/h14H,3-6H2,1-2H3,(H2,11,12,13). The van der Waals surface area contributed by atoms with Crippen molar-refractivity contribution in [2.45, 2.75) is 26.7 Å². The van der Waals surface area contributed by atoms with Crippen LogP contribution in [-0.4, -0.2) is 28.3 Å². The van der Waals surface area contributed by atoms with Gasteiger partial charge in [0.1, 0.15) is 11.6 Å². The summed E-state index contributed by atoms with van der Waals surface area (Å²) in [5.41, 5.74) is 6.48. The minimum Gasteiger partial charge on any atom is -0.477 e. The van der Waals surface area contributed by atoms with Crippen LogP contribution in [0.2, 0.25) is 0 Å². The molecule has 0 bridgehead atoms. The molecule has 0 saturated carbocycles. The molecule has 84 valence electrons. The second-order valence-corrected chi connectivity index (χ2v) is 3.23. The number of rotatable bonds is 5. The first kappa shape index (κ1) is 11.7. The minimum atomic E-state index is 0.111. The molecule has 1 rings (SSSR count). The van der Waals surface area contributed by atoms with Crippen LogP contribution in [0.5, 0.6) is 5.88 Å². The third-order valence-electron chi connectivity index (χ3n) is 2.04. The van der Waals surface area contributed by atoms with E-state index in [2.05, 4.69) is 9.97 Å². The highest BCUT2D eigenvalue weighted by molar-refractivity contribution is 5.44. The van der Waals surface area contributed by atoms with E-state index >= 15 is 0 Å². The van der Waals surface area contributed by atoms with Crippen molar-refractivity contribution in [3.8, 4) is 5.88 Å². The summed E-state index contributed by atoms with van der Waals surface area (Å²) in [4.78, 5) is 8.35. The molecule has 5 nitrogen and oxygen atoms in total. The molecular weight excluding hydrogens is 194 g/mol. The molecule has 0 aliphatic carbocycles. The van der Waals surface area contributed by atoms with Gasteiger partial charge in [0.25, 0.3) is 0 Å². The average molecular weight is 211 g/mol. The number of aryl methyl sites for hydroxylation is 1. The van der Waals surface area contributed by atoms with Crippen LogP contribution in [0, 0.1) is 6.92 Å². The summed E-state index contributed by atoms with van der Waals surface area (Å²) in [7, 11) is 0. The third kappa shape index (κ3) is 3.06. The van der Waals surface area contributed by atoms with Crippen molar-refractivity contribution in [2.24, 2.45) is 0 Å². The molecule has 0 saturated heterocycles. The molecule has 0 aliphatic heterocycles. The Morgan fingerprint density at radius 1 is 1.40 bits per heavy atom. The fraction of sp³-hybridized carbons (Fsp3) is 0.600. The molecule has 0 spiro atoms. The maximum absolute atomic E-state index is 8.63. The van der Waals surface area contributed by atoms with Crippen LogP contribution in [0.1, 0.15) is 24.7 Å². The summed E-state index contributed by atoms with van der Waals surface area (Å²) in [5.74, 6) is 1.66. The van der Waals surface area contributed by atoms with E-state index in [0.717, 1.165) is 12.0 Å². The number of ether oxygens (including phenoxy) is 1. The van der Waals surface area contributed by atoms with Crippen molar-refractivity contribution >= 4 is 5.82 Å². The summed E-state index contributed by atoms with van der Waals surface area (Å²) in [5, 5.41) is 8.63. The molecule has 1 aromatic rings. The lowest BCUT2D eigenvalue weighted by Crippen LogP contribution is -2.08. The lowest BCUT2D eigenvalue weighted by atomic mass is 10.3. The molecule has 3 N–H and O–H groups in total. The van der Waals surface area contributed by atoms with Gasteiger partial charge in [-0.25, -0.2) is 4.98 Å². The molecule has 0 unspecified atom stereocenters. The van der Waals surface area contributed by atoms with Gasteiger partial charge < -0.3 is 15.6 Å². The van der Waals surface area contributed by atoms with E-state index in [1.165, 1.54) is 0 Å². The number of nitrogens with zero attached hydrogens (tertiary/aromatic N) is 2. The predicted octanol–water partition coefficient (Wildman–Crippen LogP) is 0.691. The molecule has 5 heteroatoms. The smallest absolute Gasteiger partial charge is 0.221 e. The van der Waals surface area contributed by atoms with Crippen LogP contribution in [0.4, 0.5) is 5.82 Å². The number of aromatic nitrogens is 2. The third-order valence-corrected chi connectivity index (χ3v) is 2.04. The van der Waals surface area contributed by atoms with E-state index in [0.29, 0.717) is 30.5 Å². The number of hydrogen-bond donors (Lipinski definition) is 2. The van der Waals surface area contributed by atoms with Crippen molar-refractivity contribution in [3.05, 3.63) is 11.4 Å². The second kappa shape index (κ2) is 5.50. The van der Waals surface area contributed by atoms with Crippen molar-refractivity contribution in [3.63, 3.8) is 0 Å². The van der Waals surface area contributed by atoms with Crippen LogP contribution < -0.4 is 10.5 Å². The highest BCUT2D eigenvalue weighted by atomic mass is 16.5. The molecule has 0 amide bonds. The quantitative estimate of drug-likeness (QED) is 0.700. The van der Waals surface area contributed by atoms with E-state index in [4.69, 9.17) is 15.6 Å². The monoisotopic (exact) mass is 211 g/mol. The van der Waals surface area contributed by atoms with Crippen LogP contribution >= 0.6 is 0 Å². The molecule has 1 aromatic heterocycles. The normalized spacial score (nSPS) is 10.3. The van der Waals surface area contributed by atoms with Gasteiger partial charge in [-0.3, -0.25) is 0 Å². The van der Waals surface area contributed by atoms with Crippen molar-refractivity contribution in [1.82, 2.24) is 9.97 Å². The highest BCUT2D eigenvalue weighted by Gasteiger charge is 2.08. The summed E-state index contributed by atoms with van der Waals surface area (Å²) in [6.07, 6.45) is 1.31. The Hall–Kier alpha value is -1.36. The molecule has 0 aromatic carbocycles. The van der Waals surface area contributed by atoms with E-state index in [-0.39, 0.29) is 6.61 Å². The molecule has 0 atom stereocenters. The van der Waals surface area contributed by atoms with Crippen molar-refractivity contribution in [2.75, 3.05) is 18.9 Å². The number of hydrogen-bond acceptors (Lipinski definition) is 5. The van der Waals surface area contributed by atoms with E-state index in [9.17, 15) is 0 Å². The lowest BCUT2D eigenvalue weighted by molar-refractivity contribution is 0.228. The Bertz CT molecular complexity index is 329. The zero-order valence-electron chi connectivity index (χ0n) is 9.16. The van der Waals surface area contributed by atoms with Crippen LogP contribution in [-0.2, 0) is 6.42 Å². The van der Waals surface area contributed by atoms with Crippen LogP contribution in [0.3, 0.4) is 0 Å². The first-order valence-corrected chi connectivity index (χ1v) is 5.05. The van der Waals surface area contributed by atoms with Gasteiger partial charge in [-0.1, -0.05) is 6.92 Å². The molecule has 15 heavy (non-hydrogen) atoms. The number of aliphatic hydroxyl groups excluding tert-OH is 1. The predicted molar refractivity (Wildman–Crippen MR) is 57.8 cm³/mol. The van der Waals surface area contributed by atoms with Gasteiger partial charge in [0, 0.05) is 19.4 Å². The minimum absolute atomic E-state index is 0.111. The Balaban J connectivity index is 2.80. The fourth-order valence-corrected chi connectivity index (χ4v) is 1.09. The first-order valence-electron chi connectivity index (χ1n) is 5.05. The topological polar surface area (TPSA) is 81.3 Å². The Morgan fingerprint density at radius 2 is 2.13 bits per heavy atom. The number of anilines is 1. The summed E-state index contributed by atoms with van der Waals surface area (Å²) in [6.45, 7) is 4.34. The van der Waals surface area contributed by atoms with E-state index < -0.39 is 0 Å². The zero-order valence-corrected chi connectivity index (χ0v) is 9.16. The zero-order chi connectivity index (χ0) is 11.3. The van der Waals surface area contributed by atoms with Crippen molar-refractivity contribution in [1.29, 1.82) is 0 Å². The van der Waals surface area contributed by atoms with Gasteiger partial charge in [0.2, 0.25) is 5.88 Å². The Kier molecular flexibility index (Phi) is 4.30. The molecule has 0 aliphatic rings. The summed E-state index contributed by atoms with van der Waals surface area (Å²) < 4.78 is 5.41. The molecular formula is C10H17N3O2. The van der Waals surface area contributed by atoms with Crippen molar-refractivity contribution < 1.29 is 9.84 Å². The SMILES string of the molecule is CCc1nc(N)c(C)c(OCCCO)n1. The summed E-state index contributed by atoms with van der Waals surface area (Å²) >= 11 is 0. The highest BCUT2D eigenvalue weighted by Crippen LogP contribution is 2.19. The molecule has 0 radical (unpaired) electrons. The van der Waals surface area contributed by atoms with Gasteiger partial charge in [-0.15, -0.1) is 0 Å². The van der Waals surface area contributed by atoms with E-state index in [1.54, 1.807) is 0 Å².